The van der Waals surface area contributed by atoms with Crippen molar-refractivity contribution in [2.45, 2.75) is 38.5 Å². The molecule has 4 saturated carbocycles. The lowest BCUT2D eigenvalue weighted by molar-refractivity contribution is -0.140. The van der Waals surface area contributed by atoms with Gasteiger partial charge in [-0.15, -0.1) is 0 Å². The van der Waals surface area contributed by atoms with Crippen molar-refractivity contribution in [1.29, 1.82) is 0 Å². The number of carbonyl (C=O) groups is 1. The molecule has 1 aromatic rings. The first-order valence-corrected chi connectivity index (χ1v) is 7.81. The van der Waals surface area contributed by atoms with Crippen LogP contribution in [0.5, 0.6) is 0 Å². The Bertz CT molecular complexity index is 563. The first-order valence-electron chi connectivity index (χ1n) is 7.81. The summed E-state index contributed by atoms with van der Waals surface area (Å²) in [6, 6.07) is 3.30. The van der Waals surface area contributed by atoms with Crippen LogP contribution in [0.2, 0.25) is 0 Å². The maximum absolute atomic E-state index is 13.7. The van der Waals surface area contributed by atoms with Gasteiger partial charge in [0.25, 0.3) is 0 Å². The van der Waals surface area contributed by atoms with Gasteiger partial charge in [-0.1, -0.05) is 0 Å². The standard InChI is InChI=1S/C17H19F2NO/c18-13-1-2-15(14(19)6-13)20-16(21)17-7-10-3-11(8-17)5-12(4-10)9-17/h1-2,6,10-12H,3-5,7-9H2,(H,20,21). The zero-order valence-corrected chi connectivity index (χ0v) is 11.9. The lowest BCUT2D eigenvalue weighted by Crippen LogP contribution is -2.51. The molecule has 4 fully saturated rings. The highest BCUT2D eigenvalue weighted by molar-refractivity contribution is 5.95. The van der Waals surface area contributed by atoms with E-state index < -0.39 is 11.6 Å². The summed E-state index contributed by atoms with van der Waals surface area (Å²) in [6.07, 6.45) is 6.60. The summed E-state index contributed by atoms with van der Waals surface area (Å²) in [5.41, 5.74) is -0.215. The number of benzene rings is 1. The number of nitrogens with one attached hydrogen (secondary N) is 1. The molecule has 1 amide bonds. The number of halogens is 2. The van der Waals surface area contributed by atoms with Crippen molar-refractivity contribution < 1.29 is 13.6 Å². The number of rotatable bonds is 2. The molecule has 0 heterocycles. The van der Waals surface area contributed by atoms with E-state index in [4.69, 9.17) is 0 Å². The molecule has 0 atom stereocenters. The Morgan fingerprint density at radius 1 is 1.05 bits per heavy atom. The predicted molar refractivity (Wildman–Crippen MR) is 75.6 cm³/mol. The summed E-state index contributed by atoms with van der Waals surface area (Å²) in [5, 5.41) is 2.71. The van der Waals surface area contributed by atoms with Crippen LogP contribution < -0.4 is 5.32 Å². The van der Waals surface area contributed by atoms with Crippen LogP contribution in [-0.4, -0.2) is 5.91 Å². The van der Waals surface area contributed by atoms with E-state index >= 15 is 0 Å². The molecular weight excluding hydrogens is 272 g/mol. The first kappa shape index (κ1) is 13.2. The van der Waals surface area contributed by atoms with Gasteiger partial charge in [0.2, 0.25) is 5.91 Å². The molecule has 4 bridgehead atoms. The monoisotopic (exact) mass is 291 g/mol. The predicted octanol–water partition coefficient (Wildman–Crippen LogP) is 4.12. The zero-order chi connectivity index (χ0) is 14.6. The average molecular weight is 291 g/mol. The van der Waals surface area contributed by atoms with Crippen LogP contribution in [0.3, 0.4) is 0 Å². The molecule has 112 valence electrons. The minimum absolute atomic E-state index is 0.0629. The second-order valence-corrected chi connectivity index (χ2v) is 7.28. The number of hydrogen-bond acceptors (Lipinski definition) is 1. The van der Waals surface area contributed by atoms with Crippen LogP contribution in [-0.2, 0) is 4.79 Å². The smallest absolute Gasteiger partial charge is 0.230 e. The van der Waals surface area contributed by atoms with Crippen LogP contribution in [0.25, 0.3) is 0 Å². The van der Waals surface area contributed by atoms with Crippen LogP contribution in [0.4, 0.5) is 14.5 Å². The molecule has 4 aliphatic carbocycles. The second kappa shape index (κ2) is 4.52. The van der Waals surface area contributed by atoms with E-state index in [0.29, 0.717) is 17.8 Å². The van der Waals surface area contributed by atoms with E-state index in [0.717, 1.165) is 25.3 Å². The molecule has 0 radical (unpaired) electrons. The van der Waals surface area contributed by atoms with Gasteiger partial charge in [-0.2, -0.15) is 0 Å². The Kier molecular flexibility index (Phi) is 2.85. The lowest BCUT2D eigenvalue weighted by atomic mass is 9.49. The van der Waals surface area contributed by atoms with Crippen molar-refractivity contribution in [2.24, 2.45) is 23.2 Å². The molecule has 1 N–H and O–H groups in total. The lowest BCUT2D eigenvalue weighted by Gasteiger charge is -2.55. The van der Waals surface area contributed by atoms with E-state index in [-0.39, 0.29) is 17.0 Å². The van der Waals surface area contributed by atoms with Crippen molar-refractivity contribution in [2.75, 3.05) is 5.32 Å². The SMILES string of the molecule is O=C(Nc1ccc(F)cc1F)C12CC3CC(CC(C3)C1)C2. The van der Waals surface area contributed by atoms with Crippen molar-refractivity contribution >= 4 is 11.6 Å². The van der Waals surface area contributed by atoms with Crippen molar-refractivity contribution in [1.82, 2.24) is 0 Å². The largest absolute Gasteiger partial charge is 0.323 e. The molecule has 2 nitrogen and oxygen atoms in total. The molecule has 4 aliphatic rings. The van der Waals surface area contributed by atoms with Crippen LogP contribution in [0.1, 0.15) is 38.5 Å². The summed E-state index contributed by atoms with van der Waals surface area (Å²) in [4.78, 5) is 12.7. The van der Waals surface area contributed by atoms with E-state index in [1.807, 2.05) is 0 Å². The highest BCUT2D eigenvalue weighted by atomic mass is 19.1. The highest BCUT2D eigenvalue weighted by Crippen LogP contribution is 2.60. The third kappa shape index (κ3) is 2.16. The molecule has 0 spiro atoms. The molecule has 1 aromatic carbocycles. The molecule has 0 aliphatic heterocycles. The van der Waals surface area contributed by atoms with Gasteiger partial charge < -0.3 is 5.32 Å². The number of carbonyl (C=O) groups excluding carboxylic acids is 1. The van der Waals surface area contributed by atoms with Crippen molar-refractivity contribution in [3.8, 4) is 0 Å². The van der Waals surface area contributed by atoms with E-state index in [1.54, 1.807) is 0 Å². The Morgan fingerprint density at radius 3 is 2.14 bits per heavy atom. The Labute approximate surface area is 122 Å². The van der Waals surface area contributed by atoms with Gasteiger partial charge >= 0.3 is 0 Å². The summed E-state index contributed by atoms with van der Waals surface area (Å²) in [5.74, 6) is 0.612. The third-order valence-electron chi connectivity index (χ3n) is 5.70. The molecule has 5 rings (SSSR count). The molecule has 4 heteroatoms. The average Bonchev–Trinajstić information content (AvgIpc) is 2.40. The van der Waals surface area contributed by atoms with Crippen LogP contribution in [0.15, 0.2) is 18.2 Å². The van der Waals surface area contributed by atoms with Gasteiger partial charge in [0.1, 0.15) is 11.6 Å². The maximum atomic E-state index is 13.7. The quantitative estimate of drug-likeness (QED) is 0.872. The summed E-state index contributed by atoms with van der Waals surface area (Å²) in [6.45, 7) is 0. The normalized spacial score (nSPS) is 36.8. The van der Waals surface area contributed by atoms with E-state index in [9.17, 15) is 13.6 Å². The Morgan fingerprint density at radius 2 is 1.62 bits per heavy atom. The minimum Gasteiger partial charge on any atom is -0.323 e. The van der Waals surface area contributed by atoms with Gasteiger partial charge in [0.15, 0.2) is 0 Å². The topological polar surface area (TPSA) is 29.1 Å². The van der Waals surface area contributed by atoms with Crippen LogP contribution >= 0.6 is 0 Å². The van der Waals surface area contributed by atoms with E-state index in [1.165, 1.54) is 31.4 Å². The molecule has 0 saturated heterocycles. The fourth-order valence-electron chi connectivity index (χ4n) is 5.23. The molecule has 0 aromatic heterocycles. The molecule has 21 heavy (non-hydrogen) atoms. The number of anilines is 1. The van der Waals surface area contributed by atoms with Gasteiger partial charge in [-0.25, -0.2) is 8.78 Å². The third-order valence-corrected chi connectivity index (χ3v) is 5.70. The Balaban J connectivity index is 1.57. The summed E-state index contributed by atoms with van der Waals surface area (Å²) < 4.78 is 26.7. The zero-order valence-electron chi connectivity index (χ0n) is 11.9. The van der Waals surface area contributed by atoms with Gasteiger partial charge in [0.05, 0.1) is 11.1 Å². The van der Waals surface area contributed by atoms with Crippen molar-refractivity contribution in [3.63, 3.8) is 0 Å². The maximum Gasteiger partial charge on any atom is 0.230 e. The van der Waals surface area contributed by atoms with E-state index in [2.05, 4.69) is 5.32 Å². The summed E-state index contributed by atoms with van der Waals surface area (Å²) in [7, 11) is 0. The fraction of sp³-hybridized carbons (Fsp3) is 0.588. The minimum atomic E-state index is -0.701. The van der Waals surface area contributed by atoms with Crippen LogP contribution in [0, 0.1) is 34.8 Å². The first-order chi connectivity index (χ1) is 10.0. The highest BCUT2D eigenvalue weighted by Gasteiger charge is 2.54. The second-order valence-electron chi connectivity index (χ2n) is 7.28. The van der Waals surface area contributed by atoms with Gasteiger partial charge in [0, 0.05) is 6.07 Å². The fourth-order valence-corrected chi connectivity index (χ4v) is 5.23. The molecule has 0 unspecified atom stereocenters. The van der Waals surface area contributed by atoms with Crippen molar-refractivity contribution in [3.05, 3.63) is 29.8 Å². The number of hydrogen-bond donors (Lipinski definition) is 1. The van der Waals surface area contributed by atoms with Gasteiger partial charge in [-0.3, -0.25) is 4.79 Å². The summed E-state index contributed by atoms with van der Waals surface area (Å²) >= 11 is 0. The van der Waals surface area contributed by atoms with Gasteiger partial charge in [-0.05, 0) is 68.4 Å². The Hall–Kier alpha value is -1.45. The molecular formula is C17H19F2NO. The number of amides is 1.